The molecule has 3 aliphatic rings. The molecule has 1 spiro atoms. The number of carbonyl (C=O) groups is 3. The maximum Gasteiger partial charge on any atom is 0.312 e. The average molecular weight is 614 g/mol. The second kappa shape index (κ2) is 11.3. The van der Waals surface area contributed by atoms with Crippen molar-refractivity contribution in [2.45, 2.75) is 62.2 Å². The number of halogens is 1. The van der Waals surface area contributed by atoms with Crippen LogP contribution in [0.5, 0.6) is 0 Å². The van der Waals surface area contributed by atoms with Gasteiger partial charge in [-0.05, 0) is 48.6 Å². The number of carbonyl (C=O) groups excluding carboxylic acids is 3. The molecule has 2 aromatic carbocycles. The van der Waals surface area contributed by atoms with Crippen molar-refractivity contribution in [3.8, 4) is 0 Å². The highest BCUT2D eigenvalue weighted by Crippen LogP contribution is 2.61. The number of esters is 1. The van der Waals surface area contributed by atoms with Gasteiger partial charge >= 0.3 is 5.97 Å². The molecular formula is C31H37BrN2O6. The van der Waals surface area contributed by atoms with Crippen molar-refractivity contribution in [1.29, 1.82) is 0 Å². The van der Waals surface area contributed by atoms with Crippen molar-refractivity contribution in [3.63, 3.8) is 0 Å². The predicted molar refractivity (Wildman–Crippen MR) is 156 cm³/mol. The van der Waals surface area contributed by atoms with E-state index in [9.17, 15) is 19.5 Å². The first-order valence-electron chi connectivity index (χ1n) is 14.0. The highest BCUT2D eigenvalue weighted by atomic mass is 79.9. The molecule has 2 amide bonds. The Morgan fingerprint density at radius 3 is 2.65 bits per heavy atom. The molecule has 214 valence electrons. The van der Waals surface area contributed by atoms with E-state index < -0.39 is 41.6 Å². The minimum atomic E-state index is -1.23. The van der Waals surface area contributed by atoms with Crippen molar-refractivity contribution in [3.05, 3.63) is 55.1 Å². The maximum atomic E-state index is 14.8. The topological polar surface area (TPSA) is 96.4 Å². The van der Waals surface area contributed by atoms with Crippen molar-refractivity contribution < 1.29 is 29.0 Å². The van der Waals surface area contributed by atoms with E-state index in [-0.39, 0.29) is 42.3 Å². The predicted octanol–water partition coefficient (Wildman–Crippen LogP) is 4.08. The van der Waals surface area contributed by atoms with E-state index >= 15 is 0 Å². The Morgan fingerprint density at radius 2 is 2.00 bits per heavy atom. The quantitative estimate of drug-likeness (QED) is 0.247. The van der Waals surface area contributed by atoms with E-state index in [1.807, 2.05) is 56.3 Å². The number of aliphatic hydroxyl groups is 1. The van der Waals surface area contributed by atoms with Crippen LogP contribution in [0.1, 0.15) is 33.6 Å². The third-order valence-corrected chi connectivity index (χ3v) is 9.33. The Balaban J connectivity index is 1.63. The summed E-state index contributed by atoms with van der Waals surface area (Å²) in [7, 11) is 0. The van der Waals surface area contributed by atoms with Crippen molar-refractivity contribution >= 4 is 50.2 Å². The van der Waals surface area contributed by atoms with Crippen molar-refractivity contribution in [2.24, 2.45) is 17.8 Å². The molecule has 3 heterocycles. The summed E-state index contributed by atoms with van der Waals surface area (Å²) in [5.74, 6) is -2.70. The van der Waals surface area contributed by atoms with E-state index in [1.54, 1.807) is 17.9 Å². The van der Waals surface area contributed by atoms with Gasteiger partial charge in [-0.1, -0.05) is 66.2 Å². The van der Waals surface area contributed by atoms with Gasteiger partial charge in [-0.2, -0.15) is 0 Å². The highest BCUT2D eigenvalue weighted by molar-refractivity contribution is 9.09. The Bertz CT molecular complexity index is 1320. The fourth-order valence-corrected chi connectivity index (χ4v) is 7.95. The lowest BCUT2D eigenvalue weighted by Gasteiger charge is -2.39. The van der Waals surface area contributed by atoms with Crippen molar-refractivity contribution in [2.75, 3.05) is 24.7 Å². The largest absolute Gasteiger partial charge is 0.466 e. The first-order valence-corrected chi connectivity index (χ1v) is 14.9. The molecule has 8 nitrogen and oxygen atoms in total. The second-order valence-corrected chi connectivity index (χ2v) is 12.6. The number of fused-ring (bicyclic) bond motifs is 2. The van der Waals surface area contributed by atoms with Crippen LogP contribution in [-0.2, 0) is 23.9 Å². The first kappa shape index (κ1) is 28.8. The van der Waals surface area contributed by atoms with E-state index in [1.165, 1.54) is 4.90 Å². The van der Waals surface area contributed by atoms with Gasteiger partial charge < -0.3 is 24.4 Å². The summed E-state index contributed by atoms with van der Waals surface area (Å²) in [6, 6.07) is 12.1. The fourth-order valence-electron chi connectivity index (χ4n) is 7.01. The molecule has 0 radical (unpaired) electrons. The zero-order valence-corrected chi connectivity index (χ0v) is 24.7. The lowest BCUT2D eigenvalue weighted by molar-refractivity contribution is -0.155. The molecule has 9 heteroatoms. The number of rotatable bonds is 10. The van der Waals surface area contributed by atoms with Crippen LogP contribution < -0.4 is 4.90 Å². The number of hydrogen-bond acceptors (Lipinski definition) is 6. The number of anilines is 1. The number of amides is 2. The zero-order chi connectivity index (χ0) is 28.8. The standard InChI is InChI=1S/C31H37BrN2O6/c1-5-13-33(21-12-11-19-9-7-8-10-20(19)15-21)29(37)27-31-16-23(32)26(40-31)24(30(38)39-6-2)25(31)28(36)34(27)22(17-35)14-18(3)4/h5,7-12,15,18,22-27,35H,1,6,13-14,16-17H2,2-4H3/t22-,23?,24-,25+,26-,27?,31?/m1/s1. The Kier molecular flexibility index (Phi) is 8.10. The third kappa shape index (κ3) is 4.56. The van der Waals surface area contributed by atoms with Crippen LogP contribution in [0.4, 0.5) is 5.69 Å². The molecule has 3 aliphatic heterocycles. The number of likely N-dealkylation sites (tertiary alicyclic amines) is 1. The van der Waals surface area contributed by atoms with Crippen LogP contribution in [0.2, 0.25) is 0 Å². The van der Waals surface area contributed by atoms with Gasteiger partial charge in [0.2, 0.25) is 5.91 Å². The van der Waals surface area contributed by atoms with Crippen LogP contribution in [0.3, 0.4) is 0 Å². The molecule has 3 unspecified atom stereocenters. The number of alkyl halides is 1. The van der Waals surface area contributed by atoms with Gasteiger partial charge in [0, 0.05) is 17.1 Å². The zero-order valence-electron chi connectivity index (χ0n) is 23.2. The van der Waals surface area contributed by atoms with Crippen LogP contribution in [-0.4, -0.2) is 76.2 Å². The molecule has 7 atom stereocenters. The molecular weight excluding hydrogens is 576 g/mol. The average Bonchev–Trinajstić information content (AvgIpc) is 3.53. The van der Waals surface area contributed by atoms with Gasteiger partial charge in [0.1, 0.15) is 11.6 Å². The molecule has 2 aromatic rings. The lowest BCUT2D eigenvalue weighted by atomic mass is 9.70. The van der Waals surface area contributed by atoms with E-state index in [2.05, 4.69) is 22.5 Å². The van der Waals surface area contributed by atoms with Crippen LogP contribution in [0.15, 0.2) is 55.1 Å². The molecule has 3 saturated heterocycles. The third-order valence-electron chi connectivity index (χ3n) is 8.49. The fraction of sp³-hybridized carbons (Fsp3) is 0.516. The number of aliphatic hydroxyl groups excluding tert-OH is 1. The molecule has 0 aromatic heterocycles. The summed E-state index contributed by atoms with van der Waals surface area (Å²) in [6.07, 6.45) is 1.95. The SMILES string of the molecule is C=CCN(C(=O)C1N([C@@H](CO)CC(C)C)C(=O)[C@@H]2[C@@H](C(=O)OCC)[C@@H]3OC12CC3Br)c1ccc2ccccc2c1. The summed E-state index contributed by atoms with van der Waals surface area (Å²) in [5.41, 5.74) is -0.560. The molecule has 0 aliphatic carbocycles. The Hall–Kier alpha value is -2.75. The normalized spacial score (nSPS) is 29.6. The minimum absolute atomic E-state index is 0.158. The molecule has 1 N–H and O–H groups in total. The highest BCUT2D eigenvalue weighted by Gasteiger charge is 2.77. The second-order valence-electron chi connectivity index (χ2n) is 11.4. The smallest absolute Gasteiger partial charge is 0.312 e. The number of ether oxygens (including phenoxy) is 2. The summed E-state index contributed by atoms with van der Waals surface area (Å²) in [5, 5.41) is 12.5. The van der Waals surface area contributed by atoms with Gasteiger partial charge in [-0.25, -0.2) is 0 Å². The van der Waals surface area contributed by atoms with E-state index in [0.717, 1.165) is 10.8 Å². The number of benzene rings is 2. The summed E-state index contributed by atoms with van der Waals surface area (Å²) >= 11 is 3.68. The maximum absolute atomic E-state index is 14.8. The number of nitrogens with zero attached hydrogens (tertiary/aromatic N) is 2. The Labute approximate surface area is 243 Å². The van der Waals surface area contributed by atoms with Gasteiger partial charge in [-0.15, -0.1) is 6.58 Å². The summed E-state index contributed by atoms with van der Waals surface area (Å²) in [6.45, 7) is 9.72. The molecule has 0 saturated carbocycles. The Morgan fingerprint density at radius 1 is 1.27 bits per heavy atom. The molecule has 40 heavy (non-hydrogen) atoms. The lowest BCUT2D eigenvalue weighted by Crippen LogP contribution is -2.59. The minimum Gasteiger partial charge on any atom is -0.466 e. The molecule has 5 rings (SSSR count). The number of hydrogen-bond donors (Lipinski definition) is 1. The van der Waals surface area contributed by atoms with E-state index in [0.29, 0.717) is 18.5 Å². The first-order chi connectivity index (χ1) is 19.2. The van der Waals surface area contributed by atoms with Gasteiger partial charge in [-0.3, -0.25) is 14.4 Å². The van der Waals surface area contributed by atoms with E-state index in [4.69, 9.17) is 9.47 Å². The summed E-state index contributed by atoms with van der Waals surface area (Å²) in [4.78, 5) is 45.2. The van der Waals surface area contributed by atoms with Crippen LogP contribution >= 0.6 is 15.9 Å². The van der Waals surface area contributed by atoms with Gasteiger partial charge in [0.15, 0.2) is 0 Å². The monoisotopic (exact) mass is 612 g/mol. The summed E-state index contributed by atoms with van der Waals surface area (Å²) < 4.78 is 12.0. The molecule has 2 bridgehead atoms. The van der Waals surface area contributed by atoms with Crippen LogP contribution in [0.25, 0.3) is 10.8 Å². The van der Waals surface area contributed by atoms with Crippen molar-refractivity contribution in [1.82, 2.24) is 4.90 Å². The van der Waals surface area contributed by atoms with Crippen LogP contribution in [0, 0.1) is 17.8 Å². The van der Waals surface area contributed by atoms with Gasteiger partial charge in [0.05, 0.1) is 37.2 Å². The van der Waals surface area contributed by atoms with Gasteiger partial charge in [0.25, 0.3) is 5.91 Å². The molecule has 3 fully saturated rings.